The van der Waals surface area contributed by atoms with Crippen LogP contribution in [0.1, 0.15) is 41.7 Å². The lowest BCUT2D eigenvalue weighted by Gasteiger charge is -2.44. The van der Waals surface area contributed by atoms with Crippen LogP contribution in [0, 0.1) is 17.6 Å². The molecule has 1 saturated carbocycles. The molecule has 1 fully saturated rings. The number of pyridine rings is 1. The molecule has 3 aromatic rings. The molecule has 178 valence electrons. The second-order valence-corrected chi connectivity index (χ2v) is 8.51. The van der Waals surface area contributed by atoms with Crippen molar-refractivity contribution in [3.63, 3.8) is 0 Å². The smallest absolute Gasteiger partial charge is 0.274 e. The van der Waals surface area contributed by atoms with E-state index < -0.39 is 47.3 Å². The highest BCUT2D eigenvalue weighted by Crippen LogP contribution is 2.43. The third-order valence-electron chi connectivity index (χ3n) is 6.45. The number of aliphatic hydroxyl groups excluding tert-OH is 2. The Morgan fingerprint density at radius 1 is 1.18 bits per heavy atom. The summed E-state index contributed by atoms with van der Waals surface area (Å²) in [6, 6.07) is 6.41. The van der Waals surface area contributed by atoms with Crippen LogP contribution < -0.4 is 5.32 Å². The van der Waals surface area contributed by atoms with E-state index in [4.69, 9.17) is 0 Å². The summed E-state index contributed by atoms with van der Waals surface area (Å²) in [5, 5.41) is 33.3. The number of amides is 1. The third kappa shape index (κ3) is 4.39. The molecular weight excluding hydrogens is 446 g/mol. The molecule has 1 amide bonds. The molecule has 1 aliphatic carbocycles. The van der Waals surface area contributed by atoms with Crippen molar-refractivity contribution in [1.29, 1.82) is 0 Å². The standard InChI is InChI=1S/C24H24F2N4O4/c1-13-9-14(10-20(32)24(13,34)12-31)15-5-7-27-11-19(15)30-23(33)18-6-8-28-22(29-18)21-16(25)3-2-4-17(21)26/h2-8,11,13-14,20,31-32,34H,9-10,12H2,1H3,(H,30,33)/t13-,14+,20+,24+/m1/s1. The van der Waals surface area contributed by atoms with Crippen LogP contribution in [0.4, 0.5) is 14.5 Å². The number of halogens is 2. The Balaban J connectivity index is 1.59. The first kappa shape index (κ1) is 23.8. The van der Waals surface area contributed by atoms with Crippen molar-refractivity contribution >= 4 is 11.6 Å². The number of hydrogen-bond acceptors (Lipinski definition) is 7. The highest BCUT2D eigenvalue weighted by atomic mass is 19.1. The van der Waals surface area contributed by atoms with E-state index in [-0.39, 0.29) is 23.9 Å². The van der Waals surface area contributed by atoms with Gasteiger partial charge in [-0.25, -0.2) is 18.7 Å². The number of aliphatic hydroxyl groups is 3. The summed E-state index contributed by atoms with van der Waals surface area (Å²) in [5.74, 6) is -3.21. The Bertz CT molecular complexity index is 1180. The number of benzene rings is 1. The van der Waals surface area contributed by atoms with E-state index in [0.29, 0.717) is 17.7 Å². The number of nitrogens with one attached hydrogen (secondary N) is 1. The summed E-state index contributed by atoms with van der Waals surface area (Å²) in [6.45, 7) is 1.19. The molecule has 0 unspecified atom stereocenters. The summed E-state index contributed by atoms with van der Waals surface area (Å²) in [4.78, 5) is 24.9. The zero-order valence-electron chi connectivity index (χ0n) is 18.3. The van der Waals surface area contributed by atoms with Crippen molar-refractivity contribution in [2.45, 2.75) is 37.4 Å². The van der Waals surface area contributed by atoms with Gasteiger partial charge in [-0.1, -0.05) is 13.0 Å². The number of nitrogens with zero attached hydrogens (tertiary/aromatic N) is 3. The van der Waals surface area contributed by atoms with Crippen LogP contribution in [-0.4, -0.2) is 54.5 Å². The van der Waals surface area contributed by atoms with Crippen LogP contribution in [0.25, 0.3) is 11.4 Å². The summed E-state index contributed by atoms with van der Waals surface area (Å²) in [5.41, 5.74) is -1.05. The molecule has 2 heterocycles. The maximum atomic E-state index is 14.1. The molecule has 34 heavy (non-hydrogen) atoms. The first-order valence-electron chi connectivity index (χ1n) is 10.8. The van der Waals surface area contributed by atoms with Gasteiger partial charge in [0.2, 0.25) is 0 Å². The van der Waals surface area contributed by atoms with E-state index in [1.54, 1.807) is 19.2 Å². The predicted octanol–water partition coefficient (Wildman–Crippen LogP) is 2.67. The van der Waals surface area contributed by atoms with Gasteiger partial charge in [-0.05, 0) is 54.5 Å². The number of hydrogen-bond donors (Lipinski definition) is 4. The highest BCUT2D eigenvalue weighted by molar-refractivity contribution is 6.03. The molecule has 4 N–H and O–H groups in total. The molecular formula is C24H24F2N4O4. The van der Waals surface area contributed by atoms with Gasteiger partial charge in [-0.3, -0.25) is 9.78 Å². The Morgan fingerprint density at radius 2 is 1.91 bits per heavy atom. The maximum absolute atomic E-state index is 14.1. The van der Waals surface area contributed by atoms with Gasteiger partial charge in [0, 0.05) is 12.4 Å². The molecule has 0 spiro atoms. The molecule has 0 bridgehead atoms. The van der Waals surface area contributed by atoms with Gasteiger partial charge >= 0.3 is 0 Å². The van der Waals surface area contributed by atoms with E-state index >= 15 is 0 Å². The van der Waals surface area contributed by atoms with Crippen molar-refractivity contribution in [3.8, 4) is 11.4 Å². The molecule has 8 nitrogen and oxygen atoms in total. The van der Waals surface area contributed by atoms with Crippen molar-refractivity contribution in [2.24, 2.45) is 5.92 Å². The van der Waals surface area contributed by atoms with E-state index in [1.165, 1.54) is 24.5 Å². The summed E-state index contributed by atoms with van der Waals surface area (Å²) in [6.07, 6.45) is 3.74. The minimum absolute atomic E-state index is 0.103. The SMILES string of the molecule is C[C@@H]1C[C@H](c2ccncc2NC(=O)c2ccnc(-c3c(F)cccc3F)n2)C[C@H](O)[C@]1(O)CO. The average molecular weight is 470 g/mol. The van der Waals surface area contributed by atoms with Gasteiger partial charge in [-0.15, -0.1) is 0 Å². The zero-order chi connectivity index (χ0) is 24.5. The molecule has 4 atom stereocenters. The average Bonchev–Trinajstić information content (AvgIpc) is 2.82. The maximum Gasteiger partial charge on any atom is 0.274 e. The first-order valence-corrected chi connectivity index (χ1v) is 10.8. The fraction of sp³-hybridized carbons (Fsp3) is 0.333. The number of carbonyl (C=O) groups is 1. The normalized spacial score (nSPS) is 24.6. The van der Waals surface area contributed by atoms with E-state index in [1.807, 2.05) is 0 Å². The quantitative estimate of drug-likeness (QED) is 0.451. The lowest BCUT2D eigenvalue weighted by Crippen LogP contribution is -2.54. The van der Waals surface area contributed by atoms with Gasteiger partial charge in [0.25, 0.3) is 5.91 Å². The lowest BCUT2D eigenvalue weighted by atomic mass is 9.68. The van der Waals surface area contributed by atoms with Crippen molar-refractivity contribution < 1.29 is 28.9 Å². The predicted molar refractivity (Wildman–Crippen MR) is 119 cm³/mol. The fourth-order valence-electron chi connectivity index (χ4n) is 4.41. The molecule has 1 aliphatic rings. The number of rotatable bonds is 5. The van der Waals surface area contributed by atoms with Crippen LogP contribution in [0.15, 0.2) is 48.9 Å². The number of aromatic nitrogens is 3. The highest BCUT2D eigenvalue weighted by Gasteiger charge is 2.46. The fourth-order valence-corrected chi connectivity index (χ4v) is 4.41. The Hall–Kier alpha value is -3.34. The number of anilines is 1. The first-order chi connectivity index (χ1) is 16.2. The van der Waals surface area contributed by atoms with E-state index in [0.717, 1.165) is 12.1 Å². The third-order valence-corrected chi connectivity index (χ3v) is 6.45. The molecule has 0 radical (unpaired) electrons. The minimum atomic E-state index is -1.59. The van der Waals surface area contributed by atoms with Crippen LogP contribution in [0.5, 0.6) is 0 Å². The Labute approximate surface area is 194 Å². The van der Waals surface area contributed by atoms with E-state index in [2.05, 4.69) is 20.3 Å². The molecule has 2 aromatic heterocycles. The van der Waals surface area contributed by atoms with Crippen molar-refractivity contribution in [2.75, 3.05) is 11.9 Å². The minimum Gasteiger partial charge on any atom is -0.393 e. The number of carbonyl (C=O) groups excluding carboxylic acids is 1. The topological polar surface area (TPSA) is 128 Å². The molecule has 10 heteroatoms. The van der Waals surface area contributed by atoms with Crippen LogP contribution in [0.2, 0.25) is 0 Å². The van der Waals surface area contributed by atoms with Crippen LogP contribution in [0.3, 0.4) is 0 Å². The summed E-state index contributed by atoms with van der Waals surface area (Å²) in [7, 11) is 0. The van der Waals surface area contributed by atoms with Gasteiger partial charge in [0.1, 0.15) is 22.9 Å². The molecule has 4 rings (SSSR count). The molecule has 0 aliphatic heterocycles. The second-order valence-electron chi connectivity index (χ2n) is 8.51. The van der Waals surface area contributed by atoms with Gasteiger partial charge in [-0.2, -0.15) is 0 Å². The molecule has 1 aromatic carbocycles. The largest absolute Gasteiger partial charge is 0.393 e. The second kappa shape index (κ2) is 9.49. The Kier molecular flexibility index (Phi) is 6.65. The van der Waals surface area contributed by atoms with Crippen molar-refractivity contribution in [1.82, 2.24) is 15.0 Å². The van der Waals surface area contributed by atoms with Crippen molar-refractivity contribution in [3.05, 3.63) is 71.8 Å². The van der Waals surface area contributed by atoms with Crippen LogP contribution >= 0.6 is 0 Å². The monoisotopic (exact) mass is 470 g/mol. The summed E-state index contributed by atoms with van der Waals surface area (Å²) < 4.78 is 28.3. The molecule has 0 saturated heterocycles. The van der Waals surface area contributed by atoms with Gasteiger partial charge in [0.05, 0.1) is 30.2 Å². The van der Waals surface area contributed by atoms with Gasteiger partial charge < -0.3 is 20.6 Å². The van der Waals surface area contributed by atoms with Crippen LogP contribution in [-0.2, 0) is 0 Å². The lowest BCUT2D eigenvalue weighted by molar-refractivity contribution is -0.159. The van der Waals surface area contributed by atoms with Gasteiger partial charge in [0.15, 0.2) is 5.82 Å². The zero-order valence-corrected chi connectivity index (χ0v) is 18.3. The Morgan fingerprint density at radius 3 is 2.59 bits per heavy atom. The summed E-state index contributed by atoms with van der Waals surface area (Å²) >= 11 is 0. The van der Waals surface area contributed by atoms with E-state index in [9.17, 15) is 28.9 Å².